The summed E-state index contributed by atoms with van der Waals surface area (Å²) in [6.07, 6.45) is 5.12. The van der Waals surface area contributed by atoms with E-state index in [4.69, 9.17) is 0 Å². The van der Waals surface area contributed by atoms with E-state index in [1.54, 1.807) is 44.5 Å². The van der Waals surface area contributed by atoms with Crippen molar-refractivity contribution in [3.63, 3.8) is 0 Å². The summed E-state index contributed by atoms with van der Waals surface area (Å²) in [6, 6.07) is 14.3. The number of allylic oxidation sites excluding steroid dienone is 2. The zero-order valence-electron chi connectivity index (χ0n) is 19.9. The third-order valence-corrected chi connectivity index (χ3v) is 35.4. The van der Waals surface area contributed by atoms with Crippen molar-refractivity contribution in [2.45, 2.75) is 73.8 Å². The van der Waals surface area contributed by atoms with Gasteiger partial charge in [-0.25, -0.2) is 0 Å². The minimum absolute atomic E-state index is 0.321. The molecule has 0 heterocycles. The first-order chi connectivity index (χ1) is 14.2. The van der Waals surface area contributed by atoms with Crippen LogP contribution in [0, 0.1) is 0 Å². The van der Waals surface area contributed by atoms with Crippen LogP contribution in [0.5, 0.6) is 0 Å². The molecule has 0 N–H and O–H groups in total. The zero-order valence-corrected chi connectivity index (χ0v) is 24.5. The van der Waals surface area contributed by atoms with Gasteiger partial charge in [-0.2, -0.15) is 0 Å². The molecule has 4 rings (SSSR count). The topological polar surface area (TPSA) is 0 Å². The summed E-state index contributed by atoms with van der Waals surface area (Å²) in [5.41, 5.74) is 12.6. The van der Waals surface area contributed by atoms with Gasteiger partial charge in [0.1, 0.15) is 0 Å². The molecule has 30 heavy (non-hydrogen) atoms. The molecule has 2 aliphatic rings. The van der Waals surface area contributed by atoms with Crippen LogP contribution in [-0.4, -0.2) is 5.49 Å². The minimum atomic E-state index is -2.11. The first-order valence-electron chi connectivity index (χ1n) is 11.5. The van der Waals surface area contributed by atoms with Gasteiger partial charge in [0.05, 0.1) is 0 Å². The molecule has 2 heteroatoms. The van der Waals surface area contributed by atoms with Crippen LogP contribution in [0.1, 0.15) is 94.1 Å². The Morgan fingerprint density at radius 3 is 1.43 bits per heavy atom. The Morgan fingerprint density at radius 1 is 0.700 bits per heavy atom. The summed E-state index contributed by atoms with van der Waals surface area (Å²) in [6.45, 7) is 19.5. The Morgan fingerprint density at radius 2 is 1.10 bits per heavy atom. The number of hydrogen-bond acceptors (Lipinski definition) is 0. The summed E-state index contributed by atoms with van der Waals surface area (Å²) >= 11 is -2.11. The maximum atomic E-state index is 2.63. The standard InChI is InChI=1S/2C13H15.C2H6Si.Hf/c2*1-9(2)12-6-4-5-11-7-10(3)8-13(11)12;1-3-2;/h2*4-9H,1-3H3;1-2H3;. The molecule has 0 saturated heterocycles. The fourth-order valence-electron chi connectivity index (χ4n) is 5.73. The van der Waals surface area contributed by atoms with Gasteiger partial charge in [0.25, 0.3) is 0 Å². The summed E-state index contributed by atoms with van der Waals surface area (Å²) in [7, 11) is 0. The van der Waals surface area contributed by atoms with Gasteiger partial charge in [0.15, 0.2) is 0 Å². The molecule has 0 saturated carbocycles. The van der Waals surface area contributed by atoms with Crippen LogP contribution >= 0.6 is 0 Å². The van der Waals surface area contributed by atoms with Crippen molar-refractivity contribution in [1.82, 2.24) is 0 Å². The first kappa shape index (κ1) is 22.2. The van der Waals surface area contributed by atoms with Crippen LogP contribution in [-0.2, 0) is 20.1 Å². The van der Waals surface area contributed by atoms with E-state index in [1.165, 1.54) is 0 Å². The predicted molar refractivity (Wildman–Crippen MR) is 131 cm³/mol. The van der Waals surface area contributed by atoms with Crippen LogP contribution in [0.15, 0.2) is 47.5 Å². The molecule has 0 bridgehead atoms. The van der Waals surface area contributed by atoms with Crippen molar-refractivity contribution >= 4 is 17.6 Å². The monoisotopic (exact) mass is 580 g/mol. The van der Waals surface area contributed by atoms with Crippen molar-refractivity contribution in [1.29, 1.82) is 0 Å². The molecule has 2 aliphatic carbocycles. The fourth-order valence-corrected chi connectivity index (χ4v) is 35.1. The van der Waals surface area contributed by atoms with E-state index in [0.717, 1.165) is 7.35 Å². The van der Waals surface area contributed by atoms with Crippen LogP contribution in [0.3, 0.4) is 0 Å². The number of benzene rings is 2. The molecule has 0 spiro atoms. The molecule has 0 aromatic heterocycles. The van der Waals surface area contributed by atoms with Gasteiger partial charge in [-0.15, -0.1) is 0 Å². The quantitative estimate of drug-likeness (QED) is 0.319. The average Bonchev–Trinajstić information content (AvgIpc) is 3.18. The Balaban J connectivity index is 1.89. The molecule has 2 aromatic rings. The van der Waals surface area contributed by atoms with E-state index >= 15 is 0 Å². The van der Waals surface area contributed by atoms with E-state index in [9.17, 15) is 0 Å². The van der Waals surface area contributed by atoms with Gasteiger partial charge in [0.2, 0.25) is 0 Å². The number of fused-ring (bicyclic) bond motifs is 2. The van der Waals surface area contributed by atoms with Gasteiger partial charge in [-0.1, -0.05) is 0 Å². The molecular formula is C28H36HfSi. The molecule has 0 aliphatic heterocycles. The van der Waals surface area contributed by atoms with Gasteiger partial charge in [0, 0.05) is 0 Å². The Hall–Kier alpha value is -0.993. The second-order valence-corrected chi connectivity index (χ2v) is 35.0. The molecule has 0 nitrogen and oxygen atoms in total. The third kappa shape index (κ3) is 3.62. The predicted octanol–water partition coefficient (Wildman–Crippen LogP) is 8.42. The summed E-state index contributed by atoms with van der Waals surface area (Å²) in [4.78, 5) is 0. The number of rotatable bonds is 4. The molecule has 0 amide bonds. The summed E-state index contributed by atoms with van der Waals surface area (Å²) in [5.74, 6) is 1.18. The zero-order chi connectivity index (χ0) is 21.7. The van der Waals surface area contributed by atoms with E-state index in [1.807, 2.05) is 0 Å². The molecule has 2 unspecified atom stereocenters. The third-order valence-electron chi connectivity index (χ3n) is 7.07. The van der Waals surface area contributed by atoms with Crippen molar-refractivity contribution in [3.05, 3.63) is 80.9 Å². The Bertz CT molecular complexity index is 1010. The van der Waals surface area contributed by atoms with Gasteiger partial charge in [-0.05, 0) is 0 Å². The molecule has 0 radical (unpaired) electrons. The molecule has 2 atom stereocenters. The van der Waals surface area contributed by atoms with Crippen LogP contribution in [0.2, 0.25) is 13.1 Å². The first-order valence-corrected chi connectivity index (χ1v) is 23.5. The van der Waals surface area contributed by atoms with E-state index in [0.29, 0.717) is 11.8 Å². The van der Waals surface area contributed by atoms with Crippen LogP contribution in [0.25, 0.3) is 12.2 Å². The van der Waals surface area contributed by atoms with Gasteiger partial charge in [-0.3, -0.25) is 0 Å². The van der Waals surface area contributed by atoms with Crippen molar-refractivity contribution < 1.29 is 20.1 Å². The normalized spacial score (nSPS) is 19.7. The molecule has 156 valence electrons. The van der Waals surface area contributed by atoms with Crippen LogP contribution in [0.4, 0.5) is 0 Å². The Labute approximate surface area is 191 Å². The SMILES string of the molecule is CC1=Cc2c(C(C)C)cccc2[CH]1[Hf]([CH]1C(C)=Cc2c(C(C)C)cccc21)=[Si](C)C. The maximum absolute atomic E-state index is 2.63. The van der Waals surface area contributed by atoms with Gasteiger partial charge >= 0.3 is 192 Å². The molecule has 0 fully saturated rings. The fraction of sp³-hybridized carbons (Fsp3) is 0.429. The molecule has 2 aromatic carbocycles. The summed E-state index contributed by atoms with van der Waals surface area (Å²) in [5, 5.41) is 0. The Kier molecular flexibility index (Phi) is 6.30. The van der Waals surface area contributed by atoms with E-state index in [-0.39, 0.29) is 5.49 Å². The van der Waals surface area contributed by atoms with Gasteiger partial charge < -0.3 is 0 Å². The van der Waals surface area contributed by atoms with Crippen molar-refractivity contribution in [3.8, 4) is 0 Å². The van der Waals surface area contributed by atoms with Crippen molar-refractivity contribution in [2.75, 3.05) is 0 Å². The van der Waals surface area contributed by atoms with Crippen molar-refractivity contribution in [2.24, 2.45) is 0 Å². The second kappa shape index (κ2) is 8.51. The number of hydrogen-bond donors (Lipinski definition) is 0. The summed E-state index contributed by atoms with van der Waals surface area (Å²) < 4.78 is 1.52. The molecular weight excluding hydrogens is 543 g/mol. The average molecular weight is 579 g/mol. The second-order valence-electron chi connectivity index (χ2n) is 10.1. The van der Waals surface area contributed by atoms with E-state index in [2.05, 4.69) is 103 Å². The van der Waals surface area contributed by atoms with E-state index < -0.39 is 20.1 Å². The van der Waals surface area contributed by atoms with Crippen LogP contribution < -0.4 is 0 Å².